The van der Waals surface area contributed by atoms with Crippen LogP contribution in [0.2, 0.25) is 0 Å². The van der Waals surface area contributed by atoms with Crippen molar-refractivity contribution in [2.75, 3.05) is 0 Å². The molecule has 0 radical (unpaired) electrons. The van der Waals surface area contributed by atoms with Crippen molar-refractivity contribution in [3.8, 4) is 0 Å². The van der Waals surface area contributed by atoms with Gasteiger partial charge < -0.3 is 10.1 Å². The lowest BCUT2D eigenvalue weighted by Gasteiger charge is -1.81. The Morgan fingerprint density at radius 1 is 1.50 bits per heavy atom. The Hall–Kier alpha value is -2.10. The summed E-state index contributed by atoms with van der Waals surface area (Å²) in [7, 11) is 0. The Morgan fingerprint density at radius 3 is 2.71 bits per heavy atom. The van der Waals surface area contributed by atoms with Crippen LogP contribution in [0, 0.1) is 0 Å². The molecule has 0 bridgehead atoms. The summed E-state index contributed by atoms with van der Waals surface area (Å²) in [6.45, 7) is 2.96. The van der Waals surface area contributed by atoms with E-state index in [1.165, 1.54) is 0 Å². The van der Waals surface area contributed by atoms with Crippen molar-refractivity contribution >= 4 is 17.0 Å². The molecule has 1 heterocycles. The summed E-state index contributed by atoms with van der Waals surface area (Å²) in [5.74, 6) is -0.981. The maximum atomic E-state index is 9.25. The molecule has 0 unspecified atom stereocenters. The highest BCUT2D eigenvalue weighted by molar-refractivity contribution is 5.78. The molecule has 0 spiro atoms. The third-order valence-corrected chi connectivity index (χ3v) is 1.50. The number of nitrogens with zero attached hydrogens (tertiary/aromatic N) is 1. The molecule has 1 aromatic carbocycles. The first-order valence-corrected chi connectivity index (χ1v) is 3.97. The number of aromatic amines is 1. The number of para-hydroxylation sites is 2. The number of H-pyrrole nitrogens is 1. The molecule has 0 aliphatic carbocycles. The Morgan fingerprint density at radius 2 is 2.14 bits per heavy atom. The van der Waals surface area contributed by atoms with Gasteiger partial charge in [0.1, 0.15) is 0 Å². The second-order valence-electron chi connectivity index (χ2n) is 2.46. The van der Waals surface area contributed by atoms with Gasteiger partial charge in [-0.15, -0.1) is 0 Å². The maximum absolute atomic E-state index is 9.25. The molecule has 4 heteroatoms. The predicted octanol–water partition coefficient (Wildman–Crippen LogP) is 1.82. The largest absolute Gasteiger partial charge is 0.478 e. The fourth-order valence-electron chi connectivity index (χ4n) is 0.880. The van der Waals surface area contributed by atoms with Crippen molar-refractivity contribution in [3.63, 3.8) is 0 Å². The molecule has 0 atom stereocenters. The van der Waals surface area contributed by atoms with E-state index in [-0.39, 0.29) is 0 Å². The third kappa shape index (κ3) is 2.75. The van der Waals surface area contributed by atoms with Crippen molar-refractivity contribution in [1.29, 1.82) is 0 Å². The van der Waals surface area contributed by atoms with Crippen molar-refractivity contribution in [2.45, 2.75) is 0 Å². The lowest BCUT2D eigenvalue weighted by molar-refractivity contribution is -0.131. The lowest BCUT2D eigenvalue weighted by atomic mass is 10.3. The number of carbonyl (C=O) groups is 1. The molecule has 0 amide bonds. The van der Waals surface area contributed by atoms with E-state index in [0.29, 0.717) is 0 Å². The number of benzene rings is 1. The number of nitrogens with one attached hydrogen (secondary N) is 1. The highest BCUT2D eigenvalue weighted by atomic mass is 16.4. The number of imidazole rings is 1. The molecule has 4 nitrogen and oxygen atoms in total. The van der Waals surface area contributed by atoms with Crippen molar-refractivity contribution in [2.24, 2.45) is 0 Å². The van der Waals surface area contributed by atoms with Crippen LogP contribution in [0.1, 0.15) is 0 Å². The first-order chi connectivity index (χ1) is 6.74. The first-order valence-electron chi connectivity index (χ1n) is 3.97. The highest BCUT2D eigenvalue weighted by Crippen LogP contribution is 2.05. The summed E-state index contributed by atoms with van der Waals surface area (Å²) >= 11 is 0. The molecule has 0 aliphatic heterocycles. The predicted molar refractivity (Wildman–Crippen MR) is 53.9 cm³/mol. The van der Waals surface area contributed by atoms with Gasteiger partial charge in [0, 0.05) is 6.08 Å². The maximum Gasteiger partial charge on any atom is 0.327 e. The van der Waals surface area contributed by atoms with Crippen LogP contribution in [-0.2, 0) is 4.79 Å². The number of aliphatic carboxylic acids is 1. The van der Waals surface area contributed by atoms with Gasteiger partial charge in [-0.2, -0.15) is 0 Å². The van der Waals surface area contributed by atoms with E-state index in [0.717, 1.165) is 17.1 Å². The van der Waals surface area contributed by atoms with Gasteiger partial charge in [-0.1, -0.05) is 18.7 Å². The summed E-state index contributed by atoms with van der Waals surface area (Å²) in [5, 5.41) is 7.60. The summed E-state index contributed by atoms with van der Waals surface area (Å²) in [5.41, 5.74) is 2.12. The summed E-state index contributed by atoms with van der Waals surface area (Å²) < 4.78 is 0. The Balaban J connectivity index is 0.000000171. The van der Waals surface area contributed by atoms with Crippen LogP contribution in [0.15, 0.2) is 43.2 Å². The number of aromatic nitrogens is 2. The van der Waals surface area contributed by atoms with Crippen LogP contribution in [0.3, 0.4) is 0 Å². The lowest BCUT2D eigenvalue weighted by Crippen LogP contribution is -1.82. The molecule has 0 fully saturated rings. The van der Waals surface area contributed by atoms with Crippen LogP contribution in [0.25, 0.3) is 11.0 Å². The minimum Gasteiger partial charge on any atom is -0.478 e. The number of rotatable bonds is 1. The zero-order valence-electron chi connectivity index (χ0n) is 7.47. The van der Waals surface area contributed by atoms with Gasteiger partial charge in [0.2, 0.25) is 0 Å². The second kappa shape index (κ2) is 4.81. The van der Waals surface area contributed by atoms with E-state index in [4.69, 9.17) is 5.11 Å². The van der Waals surface area contributed by atoms with Crippen LogP contribution in [-0.4, -0.2) is 21.0 Å². The Kier molecular flexibility index (Phi) is 3.43. The topological polar surface area (TPSA) is 66.0 Å². The zero-order chi connectivity index (χ0) is 10.4. The Labute approximate surface area is 80.9 Å². The average Bonchev–Trinajstić information content (AvgIpc) is 2.66. The van der Waals surface area contributed by atoms with Crippen LogP contribution >= 0.6 is 0 Å². The number of carboxylic acid groups (broad SMARTS) is 1. The number of fused-ring (bicyclic) bond motifs is 1. The van der Waals surface area contributed by atoms with E-state index >= 15 is 0 Å². The molecule has 1 aromatic heterocycles. The molecule has 2 aromatic rings. The highest BCUT2D eigenvalue weighted by Gasteiger charge is 1.88. The SMILES string of the molecule is C=CC(=O)O.c1ccc2[nH]cnc2c1. The molecular formula is C10H10N2O2. The fourth-order valence-corrected chi connectivity index (χ4v) is 0.880. The smallest absolute Gasteiger partial charge is 0.327 e. The average molecular weight is 190 g/mol. The standard InChI is InChI=1S/C7H6N2.C3H4O2/c1-2-4-7-6(3-1)8-5-9-7;1-2-3(4)5/h1-5H,(H,8,9);2H,1H2,(H,4,5). The van der Waals surface area contributed by atoms with Crippen molar-refractivity contribution in [1.82, 2.24) is 9.97 Å². The van der Waals surface area contributed by atoms with Gasteiger partial charge in [0.05, 0.1) is 17.4 Å². The quantitative estimate of drug-likeness (QED) is 0.674. The molecule has 0 saturated heterocycles. The zero-order valence-corrected chi connectivity index (χ0v) is 7.47. The molecule has 14 heavy (non-hydrogen) atoms. The van der Waals surface area contributed by atoms with E-state index < -0.39 is 5.97 Å². The van der Waals surface area contributed by atoms with Gasteiger partial charge in [-0.05, 0) is 12.1 Å². The molecule has 72 valence electrons. The first kappa shape index (κ1) is 9.98. The van der Waals surface area contributed by atoms with Crippen LogP contribution in [0.5, 0.6) is 0 Å². The molecule has 2 N–H and O–H groups in total. The van der Waals surface area contributed by atoms with E-state index in [1.54, 1.807) is 6.33 Å². The minimum absolute atomic E-state index is 0.833. The van der Waals surface area contributed by atoms with E-state index in [1.807, 2.05) is 24.3 Å². The van der Waals surface area contributed by atoms with Gasteiger partial charge in [0.25, 0.3) is 0 Å². The van der Waals surface area contributed by atoms with Gasteiger partial charge in [-0.3, -0.25) is 0 Å². The van der Waals surface area contributed by atoms with Crippen molar-refractivity contribution < 1.29 is 9.90 Å². The summed E-state index contributed by atoms with van der Waals surface area (Å²) in [6, 6.07) is 7.94. The molecule has 2 rings (SSSR count). The third-order valence-electron chi connectivity index (χ3n) is 1.50. The van der Waals surface area contributed by atoms with E-state index in [2.05, 4.69) is 16.5 Å². The molecule has 0 saturated carbocycles. The number of hydrogen-bond acceptors (Lipinski definition) is 2. The van der Waals surface area contributed by atoms with Crippen LogP contribution < -0.4 is 0 Å². The summed E-state index contributed by atoms with van der Waals surface area (Å²) in [6.07, 6.45) is 2.53. The normalized spacial score (nSPS) is 8.86. The number of carboxylic acids is 1. The van der Waals surface area contributed by atoms with Gasteiger partial charge in [-0.25, -0.2) is 9.78 Å². The fraction of sp³-hybridized carbons (Fsp3) is 0. The Bertz CT molecular complexity index is 404. The van der Waals surface area contributed by atoms with Gasteiger partial charge in [0.15, 0.2) is 0 Å². The monoisotopic (exact) mass is 190 g/mol. The van der Waals surface area contributed by atoms with Crippen molar-refractivity contribution in [3.05, 3.63) is 43.2 Å². The minimum atomic E-state index is -0.981. The molecule has 0 aliphatic rings. The van der Waals surface area contributed by atoms with Gasteiger partial charge >= 0.3 is 5.97 Å². The second-order valence-corrected chi connectivity index (χ2v) is 2.46. The van der Waals surface area contributed by atoms with Crippen LogP contribution in [0.4, 0.5) is 0 Å². The number of hydrogen-bond donors (Lipinski definition) is 2. The van der Waals surface area contributed by atoms with E-state index in [9.17, 15) is 4.79 Å². The molecular weight excluding hydrogens is 180 g/mol. The summed E-state index contributed by atoms with van der Waals surface area (Å²) in [4.78, 5) is 16.3.